The number of hydrogen-bond donors (Lipinski definition) is 2. The fourth-order valence-electron chi connectivity index (χ4n) is 3.96. The summed E-state index contributed by atoms with van der Waals surface area (Å²) in [4.78, 5) is 14.8. The Kier molecular flexibility index (Phi) is 3.98. The zero-order chi connectivity index (χ0) is 16.4. The lowest BCUT2D eigenvalue weighted by Gasteiger charge is -2.34. The van der Waals surface area contributed by atoms with Crippen LogP contribution in [-0.4, -0.2) is 36.1 Å². The van der Waals surface area contributed by atoms with Gasteiger partial charge < -0.3 is 15.5 Å². The van der Waals surface area contributed by atoms with Gasteiger partial charge in [-0.2, -0.15) is 0 Å². The molecule has 2 heterocycles. The highest BCUT2D eigenvalue weighted by atomic mass is 16.2. The van der Waals surface area contributed by atoms with Crippen LogP contribution in [0.3, 0.4) is 0 Å². The molecule has 124 valence electrons. The maximum atomic E-state index is 12.8. The lowest BCUT2D eigenvalue weighted by atomic mass is 9.88. The van der Waals surface area contributed by atoms with Crippen molar-refractivity contribution in [3.05, 3.63) is 71.8 Å². The van der Waals surface area contributed by atoms with E-state index in [2.05, 4.69) is 34.9 Å². The van der Waals surface area contributed by atoms with Crippen LogP contribution in [0.1, 0.15) is 30.0 Å². The van der Waals surface area contributed by atoms with Crippen molar-refractivity contribution in [1.82, 2.24) is 15.5 Å². The first-order chi connectivity index (χ1) is 11.8. The van der Waals surface area contributed by atoms with E-state index in [1.165, 1.54) is 0 Å². The minimum absolute atomic E-state index is 0.0401. The van der Waals surface area contributed by atoms with Crippen LogP contribution in [0.2, 0.25) is 0 Å². The third kappa shape index (κ3) is 2.78. The molecule has 2 fully saturated rings. The van der Waals surface area contributed by atoms with Crippen molar-refractivity contribution in [3.8, 4) is 0 Å². The summed E-state index contributed by atoms with van der Waals surface area (Å²) in [6, 6.07) is 20.6. The van der Waals surface area contributed by atoms with E-state index in [0.29, 0.717) is 0 Å². The number of carbonyl (C=O) groups excluding carboxylic acids is 1. The lowest BCUT2D eigenvalue weighted by molar-refractivity contribution is 0.204. The first kappa shape index (κ1) is 15.2. The first-order valence-electron chi connectivity index (χ1n) is 8.67. The molecule has 2 aliphatic rings. The van der Waals surface area contributed by atoms with Gasteiger partial charge in [-0.3, -0.25) is 0 Å². The van der Waals surface area contributed by atoms with Crippen LogP contribution >= 0.6 is 0 Å². The molecule has 0 bridgehead atoms. The highest BCUT2D eigenvalue weighted by Crippen LogP contribution is 2.35. The first-order valence-corrected chi connectivity index (χ1v) is 8.67. The van der Waals surface area contributed by atoms with E-state index >= 15 is 0 Å². The topological polar surface area (TPSA) is 44.4 Å². The van der Waals surface area contributed by atoms with Crippen molar-refractivity contribution >= 4 is 6.03 Å². The Morgan fingerprint density at radius 1 is 0.875 bits per heavy atom. The zero-order valence-electron chi connectivity index (χ0n) is 13.7. The minimum atomic E-state index is -0.0792. The van der Waals surface area contributed by atoms with Crippen LogP contribution in [0.25, 0.3) is 0 Å². The maximum Gasteiger partial charge on any atom is 0.318 e. The Morgan fingerprint density at radius 3 is 1.96 bits per heavy atom. The minimum Gasteiger partial charge on any atom is -0.331 e. The summed E-state index contributed by atoms with van der Waals surface area (Å²) in [7, 11) is 0. The summed E-state index contributed by atoms with van der Waals surface area (Å²) >= 11 is 0. The van der Waals surface area contributed by atoms with Crippen LogP contribution in [0.15, 0.2) is 60.7 Å². The van der Waals surface area contributed by atoms with E-state index in [9.17, 15) is 4.79 Å². The van der Waals surface area contributed by atoms with Gasteiger partial charge in [0.1, 0.15) is 0 Å². The Hall–Kier alpha value is -2.33. The second kappa shape index (κ2) is 6.29. The number of nitrogens with zero attached hydrogens (tertiary/aromatic N) is 1. The van der Waals surface area contributed by atoms with Crippen molar-refractivity contribution in [1.29, 1.82) is 0 Å². The number of amides is 2. The van der Waals surface area contributed by atoms with Gasteiger partial charge >= 0.3 is 6.03 Å². The van der Waals surface area contributed by atoms with Crippen LogP contribution in [-0.2, 0) is 0 Å². The monoisotopic (exact) mass is 321 g/mol. The quantitative estimate of drug-likeness (QED) is 0.913. The van der Waals surface area contributed by atoms with E-state index < -0.39 is 0 Å². The Balaban J connectivity index is 1.70. The molecule has 2 saturated heterocycles. The second-order valence-corrected chi connectivity index (χ2v) is 6.81. The van der Waals surface area contributed by atoms with Gasteiger partial charge in [-0.15, -0.1) is 0 Å². The molecule has 1 spiro atoms. The third-order valence-electron chi connectivity index (χ3n) is 5.21. The number of carbonyl (C=O) groups is 1. The van der Waals surface area contributed by atoms with Crippen molar-refractivity contribution in [2.45, 2.75) is 24.4 Å². The van der Waals surface area contributed by atoms with Crippen molar-refractivity contribution < 1.29 is 4.79 Å². The molecule has 0 aromatic heterocycles. The van der Waals surface area contributed by atoms with Gasteiger partial charge in [0, 0.05) is 6.54 Å². The van der Waals surface area contributed by atoms with Gasteiger partial charge in [0.25, 0.3) is 0 Å². The second-order valence-electron chi connectivity index (χ2n) is 6.81. The summed E-state index contributed by atoms with van der Waals surface area (Å²) in [5.41, 5.74) is 2.24. The molecule has 2 amide bonds. The van der Waals surface area contributed by atoms with E-state index in [0.717, 1.165) is 43.6 Å². The number of hydrogen-bond acceptors (Lipinski definition) is 2. The van der Waals surface area contributed by atoms with Crippen LogP contribution in [0, 0.1) is 0 Å². The summed E-state index contributed by atoms with van der Waals surface area (Å²) in [5, 5.41) is 6.67. The van der Waals surface area contributed by atoms with Gasteiger partial charge in [-0.1, -0.05) is 60.7 Å². The molecule has 2 N–H and O–H groups in total. The number of nitrogens with one attached hydrogen (secondary N) is 2. The fourth-order valence-corrected chi connectivity index (χ4v) is 3.96. The molecular formula is C20H23N3O. The van der Waals surface area contributed by atoms with Crippen LogP contribution in [0.4, 0.5) is 4.79 Å². The molecule has 4 nitrogen and oxygen atoms in total. The van der Waals surface area contributed by atoms with E-state index in [1.54, 1.807) is 0 Å². The van der Waals surface area contributed by atoms with Crippen LogP contribution in [0.5, 0.6) is 0 Å². The molecule has 0 radical (unpaired) electrons. The third-order valence-corrected chi connectivity index (χ3v) is 5.21. The Bertz CT molecular complexity index is 656. The number of benzene rings is 2. The molecule has 2 aliphatic heterocycles. The molecule has 0 unspecified atom stereocenters. The van der Waals surface area contributed by atoms with Gasteiger partial charge in [-0.05, 0) is 37.1 Å². The summed E-state index contributed by atoms with van der Waals surface area (Å²) in [6.45, 7) is 2.70. The molecule has 0 aliphatic carbocycles. The summed E-state index contributed by atoms with van der Waals surface area (Å²) in [5.74, 6) is 0. The molecule has 2 aromatic rings. The smallest absolute Gasteiger partial charge is 0.318 e. The van der Waals surface area contributed by atoms with Crippen molar-refractivity contribution in [2.75, 3.05) is 19.6 Å². The van der Waals surface area contributed by atoms with E-state index in [4.69, 9.17) is 0 Å². The number of piperidine rings is 1. The molecular weight excluding hydrogens is 298 g/mol. The van der Waals surface area contributed by atoms with Crippen molar-refractivity contribution in [3.63, 3.8) is 0 Å². The van der Waals surface area contributed by atoms with Crippen LogP contribution < -0.4 is 10.6 Å². The molecule has 24 heavy (non-hydrogen) atoms. The molecule has 0 saturated carbocycles. The zero-order valence-corrected chi connectivity index (χ0v) is 13.7. The molecule has 4 rings (SSSR count). The normalized spacial score (nSPS) is 19.7. The van der Waals surface area contributed by atoms with E-state index in [-0.39, 0.29) is 17.6 Å². The largest absolute Gasteiger partial charge is 0.331 e. The van der Waals surface area contributed by atoms with Crippen molar-refractivity contribution in [2.24, 2.45) is 0 Å². The number of rotatable bonds is 3. The highest BCUT2D eigenvalue weighted by molar-refractivity contribution is 5.79. The maximum absolute atomic E-state index is 12.8. The average molecular weight is 321 g/mol. The summed E-state index contributed by atoms with van der Waals surface area (Å²) < 4.78 is 0. The standard InChI is InChI=1S/C20H23N3O/c24-19-22-20(11-13-21-14-12-20)15-23(19)18(16-7-3-1-4-8-16)17-9-5-2-6-10-17/h1-10,18,21H,11-15H2,(H,22,24). The van der Waals surface area contributed by atoms with Gasteiger partial charge in [-0.25, -0.2) is 4.79 Å². The molecule has 0 atom stereocenters. The molecule has 4 heteroatoms. The SMILES string of the molecule is O=C1NC2(CCNCC2)CN1C(c1ccccc1)c1ccccc1. The van der Waals surface area contributed by atoms with Gasteiger partial charge in [0.05, 0.1) is 11.6 Å². The highest BCUT2D eigenvalue weighted by Gasteiger charge is 2.45. The number of urea groups is 1. The predicted molar refractivity (Wildman–Crippen MR) is 94.8 cm³/mol. The molecule has 2 aromatic carbocycles. The van der Waals surface area contributed by atoms with E-state index in [1.807, 2.05) is 41.3 Å². The van der Waals surface area contributed by atoms with Gasteiger partial charge in [0.15, 0.2) is 0 Å². The fraction of sp³-hybridized carbons (Fsp3) is 0.350. The Labute approximate surface area is 142 Å². The van der Waals surface area contributed by atoms with Gasteiger partial charge in [0.2, 0.25) is 0 Å². The average Bonchev–Trinajstić information content (AvgIpc) is 2.93. The Morgan fingerprint density at radius 2 is 1.42 bits per heavy atom. The summed E-state index contributed by atoms with van der Waals surface area (Å²) in [6.07, 6.45) is 1.98. The predicted octanol–water partition coefficient (Wildman–Crippen LogP) is 2.92. The lowest BCUT2D eigenvalue weighted by Crippen LogP contribution is -2.51.